The summed E-state index contributed by atoms with van der Waals surface area (Å²) >= 11 is 0. The summed E-state index contributed by atoms with van der Waals surface area (Å²) in [5.41, 5.74) is 0.541. The number of anilines is 1. The first-order valence-electron chi connectivity index (χ1n) is 9.85. The van der Waals surface area contributed by atoms with E-state index in [0.29, 0.717) is 31.6 Å². The summed E-state index contributed by atoms with van der Waals surface area (Å²) in [5, 5.41) is 2.84. The van der Waals surface area contributed by atoms with Crippen molar-refractivity contribution < 1.29 is 22.7 Å². The normalized spacial score (nSPS) is 16.7. The molecular formula is C20H31N3O5S. The fourth-order valence-corrected chi connectivity index (χ4v) is 4.53. The number of likely N-dealkylation sites (tertiary alicyclic amines) is 1. The van der Waals surface area contributed by atoms with E-state index in [1.165, 1.54) is 19.2 Å². The van der Waals surface area contributed by atoms with E-state index >= 15 is 0 Å². The molecule has 9 heteroatoms. The average Bonchev–Trinajstić information content (AvgIpc) is 2.67. The molecule has 0 aliphatic carbocycles. The zero-order chi connectivity index (χ0) is 21.6. The zero-order valence-electron chi connectivity index (χ0n) is 17.5. The number of methoxy groups -OCH3 is 1. The van der Waals surface area contributed by atoms with E-state index in [4.69, 9.17) is 4.74 Å². The highest BCUT2D eigenvalue weighted by Crippen LogP contribution is 2.21. The van der Waals surface area contributed by atoms with Crippen LogP contribution in [-0.4, -0.2) is 58.0 Å². The average molecular weight is 426 g/mol. The van der Waals surface area contributed by atoms with Crippen LogP contribution in [0, 0.1) is 11.8 Å². The number of nitrogens with zero attached hydrogens (tertiary/aromatic N) is 1. The number of nitrogens with one attached hydrogen (secondary N) is 2. The van der Waals surface area contributed by atoms with Crippen LogP contribution >= 0.6 is 0 Å². The summed E-state index contributed by atoms with van der Waals surface area (Å²) in [5.74, 6) is -0.188. The van der Waals surface area contributed by atoms with Gasteiger partial charge in [-0.3, -0.25) is 9.59 Å². The Labute approximate surface area is 173 Å². The summed E-state index contributed by atoms with van der Waals surface area (Å²) in [4.78, 5) is 26.5. The molecule has 2 N–H and O–H groups in total. The highest BCUT2D eigenvalue weighted by atomic mass is 32.2. The third-order valence-electron chi connectivity index (χ3n) is 4.88. The van der Waals surface area contributed by atoms with Gasteiger partial charge in [-0.05, 0) is 44.0 Å². The number of hydrogen-bond acceptors (Lipinski definition) is 5. The van der Waals surface area contributed by atoms with Gasteiger partial charge in [-0.15, -0.1) is 0 Å². The zero-order valence-corrected chi connectivity index (χ0v) is 18.3. The van der Waals surface area contributed by atoms with Gasteiger partial charge < -0.3 is 15.0 Å². The van der Waals surface area contributed by atoms with Crippen molar-refractivity contribution in [2.24, 2.45) is 11.8 Å². The Morgan fingerprint density at radius 3 is 2.24 bits per heavy atom. The predicted molar refractivity (Wildman–Crippen MR) is 111 cm³/mol. The SMILES string of the molecule is COCC(C)NS(=O)(=O)c1ccc(NC(=O)C2CCN(C(=O)C(C)C)CC2)cc1. The number of amides is 2. The quantitative estimate of drug-likeness (QED) is 0.661. The molecule has 0 saturated carbocycles. The molecular weight excluding hydrogens is 394 g/mol. The number of rotatable bonds is 8. The minimum absolute atomic E-state index is 0.0397. The molecule has 1 unspecified atom stereocenters. The maximum absolute atomic E-state index is 12.5. The highest BCUT2D eigenvalue weighted by molar-refractivity contribution is 7.89. The van der Waals surface area contributed by atoms with E-state index in [1.54, 1.807) is 19.1 Å². The smallest absolute Gasteiger partial charge is 0.240 e. The molecule has 1 aliphatic heterocycles. The second-order valence-corrected chi connectivity index (χ2v) is 9.46. The number of ether oxygens (including phenoxy) is 1. The second-order valence-electron chi connectivity index (χ2n) is 7.75. The second kappa shape index (κ2) is 10.2. The van der Waals surface area contributed by atoms with Crippen LogP contribution in [0.1, 0.15) is 33.6 Å². The fourth-order valence-electron chi connectivity index (χ4n) is 3.31. The number of hydrogen-bond donors (Lipinski definition) is 2. The van der Waals surface area contributed by atoms with Crippen molar-refractivity contribution >= 4 is 27.5 Å². The summed E-state index contributed by atoms with van der Waals surface area (Å²) < 4.78 is 32.2. The van der Waals surface area contributed by atoms with E-state index in [2.05, 4.69) is 10.0 Å². The lowest BCUT2D eigenvalue weighted by Crippen LogP contribution is -2.43. The highest BCUT2D eigenvalue weighted by Gasteiger charge is 2.28. The molecule has 1 aliphatic rings. The third kappa shape index (κ3) is 6.52. The van der Waals surface area contributed by atoms with Gasteiger partial charge in [0.2, 0.25) is 21.8 Å². The fraction of sp³-hybridized carbons (Fsp3) is 0.600. The molecule has 0 bridgehead atoms. The van der Waals surface area contributed by atoms with Gasteiger partial charge in [0, 0.05) is 43.8 Å². The van der Waals surface area contributed by atoms with Crippen molar-refractivity contribution in [3.8, 4) is 0 Å². The standard InChI is InChI=1S/C20H31N3O5S/c1-14(2)20(25)23-11-9-16(10-12-23)19(24)21-17-5-7-18(8-6-17)29(26,27)22-15(3)13-28-4/h5-8,14-16,22H,9-13H2,1-4H3,(H,21,24). The van der Waals surface area contributed by atoms with Crippen molar-refractivity contribution in [2.45, 2.75) is 44.6 Å². The van der Waals surface area contributed by atoms with Gasteiger partial charge >= 0.3 is 0 Å². The molecule has 29 heavy (non-hydrogen) atoms. The van der Waals surface area contributed by atoms with Crippen LogP contribution in [0.2, 0.25) is 0 Å². The van der Waals surface area contributed by atoms with E-state index in [0.717, 1.165) is 0 Å². The first-order valence-corrected chi connectivity index (χ1v) is 11.3. The number of piperidine rings is 1. The molecule has 1 heterocycles. The van der Waals surface area contributed by atoms with Gasteiger partial charge in [-0.25, -0.2) is 13.1 Å². The first-order chi connectivity index (χ1) is 13.6. The topological polar surface area (TPSA) is 105 Å². The largest absolute Gasteiger partial charge is 0.383 e. The Balaban J connectivity index is 1.91. The van der Waals surface area contributed by atoms with Gasteiger partial charge in [0.05, 0.1) is 11.5 Å². The minimum atomic E-state index is -3.65. The Morgan fingerprint density at radius 1 is 1.14 bits per heavy atom. The molecule has 1 fully saturated rings. The van der Waals surface area contributed by atoms with Crippen LogP contribution in [0.5, 0.6) is 0 Å². The summed E-state index contributed by atoms with van der Waals surface area (Å²) in [6, 6.07) is 5.72. The van der Waals surface area contributed by atoms with Crippen LogP contribution < -0.4 is 10.0 Å². The van der Waals surface area contributed by atoms with Crippen molar-refractivity contribution in [1.29, 1.82) is 0 Å². The van der Waals surface area contributed by atoms with Crippen molar-refractivity contribution in [3.05, 3.63) is 24.3 Å². The molecule has 0 radical (unpaired) electrons. The Morgan fingerprint density at radius 2 is 1.72 bits per heavy atom. The molecule has 1 aromatic carbocycles. The lowest BCUT2D eigenvalue weighted by Gasteiger charge is -2.32. The van der Waals surface area contributed by atoms with Crippen molar-refractivity contribution in [2.75, 3.05) is 32.1 Å². The van der Waals surface area contributed by atoms with E-state index in [9.17, 15) is 18.0 Å². The van der Waals surface area contributed by atoms with Crippen molar-refractivity contribution in [1.82, 2.24) is 9.62 Å². The van der Waals surface area contributed by atoms with Crippen LogP contribution in [0.3, 0.4) is 0 Å². The van der Waals surface area contributed by atoms with Gasteiger partial charge in [0.15, 0.2) is 0 Å². The monoisotopic (exact) mass is 425 g/mol. The van der Waals surface area contributed by atoms with Gasteiger partial charge in [0.1, 0.15) is 0 Å². The molecule has 1 aromatic rings. The number of benzene rings is 1. The molecule has 1 saturated heterocycles. The summed E-state index contributed by atoms with van der Waals surface area (Å²) in [6.45, 7) is 6.90. The number of carbonyl (C=O) groups excluding carboxylic acids is 2. The lowest BCUT2D eigenvalue weighted by molar-refractivity contribution is -0.137. The maximum Gasteiger partial charge on any atom is 0.240 e. The van der Waals surface area contributed by atoms with Crippen LogP contribution in [0.15, 0.2) is 29.2 Å². The third-order valence-corrected chi connectivity index (χ3v) is 6.48. The molecule has 162 valence electrons. The van der Waals surface area contributed by atoms with Crippen LogP contribution in [-0.2, 0) is 24.3 Å². The van der Waals surface area contributed by atoms with Crippen LogP contribution in [0.4, 0.5) is 5.69 Å². The first kappa shape index (κ1) is 23.3. The van der Waals surface area contributed by atoms with E-state index < -0.39 is 10.0 Å². The molecule has 2 amide bonds. The Bertz CT molecular complexity index is 800. The molecule has 2 rings (SSSR count). The Kier molecular flexibility index (Phi) is 8.18. The molecule has 8 nitrogen and oxygen atoms in total. The summed E-state index contributed by atoms with van der Waals surface area (Å²) in [7, 11) is -2.14. The van der Waals surface area contributed by atoms with Gasteiger partial charge in [-0.1, -0.05) is 13.8 Å². The molecule has 0 spiro atoms. The van der Waals surface area contributed by atoms with Crippen LogP contribution in [0.25, 0.3) is 0 Å². The minimum Gasteiger partial charge on any atom is -0.383 e. The predicted octanol–water partition coefficient (Wildman–Crippen LogP) is 1.83. The Hall–Kier alpha value is -1.97. The maximum atomic E-state index is 12.5. The number of carbonyl (C=O) groups is 2. The van der Waals surface area contributed by atoms with Gasteiger partial charge in [0.25, 0.3) is 0 Å². The summed E-state index contributed by atoms with van der Waals surface area (Å²) in [6.07, 6.45) is 1.25. The van der Waals surface area contributed by atoms with E-state index in [-0.39, 0.29) is 41.2 Å². The van der Waals surface area contributed by atoms with Gasteiger partial charge in [-0.2, -0.15) is 0 Å². The molecule has 1 atom stereocenters. The number of sulfonamides is 1. The molecule has 0 aromatic heterocycles. The van der Waals surface area contributed by atoms with Crippen molar-refractivity contribution in [3.63, 3.8) is 0 Å². The lowest BCUT2D eigenvalue weighted by atomic mass is 9.95. The van der Waals surface area contributed by atoms with E-state index in [1.807, 2.05) is 18.7 Å².